The summed E-state index contributed by atoms with van der Waals surface area (Å²) in [5, 5.41) is 5.30. The normalized spacial score (nSPS) is 14.8. The molecule has 0 radical (unpaired) electrons. The number of rotatable bonds is 7. The fraction of sp³-hybridized carbons (Fsp3) is 0.476. The summed E-state index contributed by atoms with van der Waals surface area (Å²) in [5.41, 5.74) is 2.24. The minimum Gasteiger partial charge on any atom is -0.490 e. The summed E-state index contributed by atoms with van der Waals surface area (Å²) in [7, 11) is 1.96. The summed E-state index contributed by atoms with van der Waals surface area (Å²) >= 11 is 5.14. The summed E-state index contributed by atoms with van der Waals surface area (Å²) in [6.45, 7) is 6.64. The second-order valence-corrected chi connectivity index (χ2v) is 9.77. The van der Waals surface area contributed by atoms with Crippen LogP contribution in [-0.4, -0.2) is 37.6 Å². The van der Waals surface area contributed by atoms with Gasteiger partial charge in [0.2, 0.25) is 5.91 Å². The zero-order valence-electron chi connectivity index (χ0n) is 16.5. The van der Waals surface area contributed by atoms with Crippen molar-refractivity contribution < 1.29 is 14.3 Å². The average molecular weight is 467 g/mol. The third-order valence-corrected chi connectivity index (χ3v) is 6.15. The fourth-order valence-corrected chi connectivity index (χ4v) is 4.47. The number of hydrogen-bond acceptors (Lipinski definition) is 5. The summed E-state index contributed by atoms with van der Waals surface area (Å²) in [6.07, 6.45) is 0.876. The van der Waals surface area contributed by atoms with Gasteiger partial charge < -0.3 is 14.8 Å². The van der Waals surface area contributed by atoms with E-state index in [0.29, 0.717) is 19.8 Å². The highest BCUT2D eigenvalue weighted by Gasteiger charge is 2.21. The fourth-order valence-electron chi connectivity index (χ4n) is 3.27. The van der Waals surface area contributed by atoms with E-state index >= 15 is 0 Å². The lowest BCUT2D eigenvalue weighted by Gasteiger charge is -2.25. The average Bonchev–Trinajstić information content (AvgIpc) is 2.90. The second kappa shape index (κ2) is 9.76. The van der Waals surface area contributed by atoms with E-state index in [4.69, 9.17) is 9.47 Å². The van der Waals surface area contributed by atoms with Crippen molar-refractivity contribution in [2.75, 3.05) is 26.8 Å². The molecule has 0 spiro atoms. The lowest BCUT2D eigenvalue weighted by Crippen LogP contribution is -2.38. The van der Waals surface area contributed by atoms with Gasteiger partial charge in [-0.3, -0.25) is 9.69 Å². The van der Waals surface area contributed by atoms with Crippen molar-refractivity contribution in [3.63, 3.8) is 0 Å². The first kappa shape index (κ1) is 21.1. The van der Waals surface area contributed by atoms with Crippen LogP contribution >= 0.6 is 27.3 Å². The van der Waals surface area contributed by atoms with Crippen LogP contribution in [0.2, 0.25) is 0 Å². The molecule has 2 aromatic rings. The van der Waals surface area contributed by atoms with Crippen LogP contribution in [0.15, 0.2) is 33.4 Å². The van der Waals surface area contributed by atoms with Crippen LogP contribution in [0.1, 0.15) is 37.4 Å². The maximum atomic E-state index is 12.7. The number of fused-ring (bicyclic) bond motifs is 1. The number of nitrogens with zero attached hydrogens (tertiary/aromatic N) is 1. The first-order valence-electron chi connectivity index (χ1n) is 9.52. The van der Waals surface area contributed by atoms with Gasteiger partial charge in [-0.1, -0.05) is 19.9 Å². The summed E-state index contributed by atoms with van der Waals surface area (Å²) in [6, 6.07) is 7.98. The van der Waals surface area contributed by atoms with E-state index in [9.17, 15) is 4.79 Å². The Balaban J connectivity index is 1.64. The Morgan fingerprint density at radius 1 is 1.25 bits per heavy atom. The van der Waals surface area contributed by atoms with E-state index in [1.807, 2.05) is 30.1 Å². The lowest BCUT2D eigenvalue weighted by molar-refractivity contribution is -0.123. The third kappa shape index (κ3) is 5.72. The van der Waals surface area contributed by atoms with E-state index in [1.54, 1.807) is 11.3 Å². The standard InChI is InChI=1S/C21H27BrN2O3S/c1-14(2)21(16-5-6-17-18(10-16)27-8-4-7-26-17)23-20(25)12-24(3)11-15-9-19(22)28-13-15/h5-6,9-10,13-14,21H,4,7-8,11-12H2,1-3H3,(H,23,25). The second-order valence-electron chi connectivity index (χ2n) is 7.48. The predicted octanol–water partition coefficient (Wildman–Crippen LogP) is 4.62. The Labute approximate surface area is 179 Å². The summed E-state index contributed by atoms with van der Waals surface area (Å²) < 4.78 is 12.6. The Morgan fingerprint density at radius 2 is 2.00 bits per heavy atom. The van der Waals surface area contributed by atoms with Crippen LogP contribution in [0.5, 0.6) is 11.5 Å². The van der Waals surface area contributed by atoms with E-state index in [2.05, 4.69) is 46.5 Å². The SMILES string of the molecule is CC(C)C(NC(=O)CN(C)Cc1csc(Br)c1)c1ccc2c(c1)OCCCO2. The highest BCUT2D eigenvalue weighted by molar-refractivity contribution is 9.11. The van der Waals surface area contributed by atoms with Gasteiger partial charge in [0.25, 0.3) is 0 Å². The zero-order valence-corrected chi connectivity index (χ0v) is 18.9. The third-order valence-electron chi connectivity index (χ3n) is 4.60. The van der Waals surface area contributed by atoms with Gasteiger partial charge in [0.05, 0.1) is 29.6 Å². The molecule has 2 heterocycles. The quantitative estimate of drug-likeness (QED) is 0.646. The number of likely N-dealkylation sites (N-methyl/N-ethyl adjacent to an activating group) is 1. The molecule has 1 aromatic carbocycles. The molecular formula is C21H27BrN2O3S. The molecule has 0 saturated carbocycles. The van der Waals surface area contributed by atoms with Crippen LogP contribution in [-0.2, 0) is 11.3 Å². The Hall–Kier alpha value is -1.57. The van der Waals surface area contributed by atoms with Crippen molar-refractivity contribution in [3.05, 3.63) is 44.6 Å². The minimum atomic E-state index is -0.0756. The van der Waals surface area contributed by atoms with E-state index in [1.165, 1.54) is 5.56 Å². The van der Waals surface area contributed by atoms with Gasteiger partial charge in [0.15, 0.2) is 11.5 Å². The lowest BCUT2D eigenvalue weighted by atomic mass is 9.95. The van der Waals surface area contributed by atoms with Gasteiger partial charge in [-0.05, 0) is 63.6 Å². The molecule has 0 bridgehead atoms. The van der Waals surface area contributed by atoms with Gasteiger partial charge in [-0.2, -0.15) is 0 Å². The molecule has 0 saturated heterocycles. The molecule has 5 nitrogen and oxygen atoms in total. The van der Waals surface area contributed by atoms with Gasteiger partial charge in [-0.15, -0.1) is 11.3 Å². The van der Waals surface area contributed by atoms with Gasteiger partial charge >= 0.3 is 0 Å². The van der Waals surface area contributed by atoms with Crippen molar-refractivity contribution in [2.45, 2.75) is 32.9 Å². The van der Waals surface area contributed by atoms with E-state index < -0.39 is 0 Å². The van der Waals surface area contributed by atoms with Crippen molar-refractivity contribution >= 4 is 33.2 Å². The molecule has 3 rings (SSSR count). The molecule has 1 unspecified atom stereocenters. The molecule has 1 N–H and O–H groups in total. The maximum Gasteiger partial charge on any atom is 0.234 e. The van der Waals surface area contributed by atoms with Crippen molar-refractivity contribution in [1.29, 1.82) is 0 Å². The topological polar surface area (TPSA) is 50.8 Å². The van der Waals surface area contributed by atoms with Gasteiger partial charge in [0, 0.05) is 13.0 Å². The highest BCUT2D eigenvalue weighted by atomic mass is 79.9. The summed E-state index contributed by atoms with van der Waals surface area (Å²) in [5.74, 6) is 1.81. The first-order valence-corrected chi connectivity index (χ1v) is 11.2. The van der Waals surface area contributed by atoms with E-state index in [0.717, 1.165) is 33.8 Å². The zero-order chi connectivity index (χ0) is 20.1. The number of benzene rings is 1. The van der Waals surface area contributed by atoms with Crippen LogP contribution in [0.4, 0.5) is 0 Å². The smallest absolute Gasteiger partial charge is 0.234 e. The monoisotopic (exact) mass is 466 g/mol. The number of ether oxygens (including phenoxy) is 2. The number of thiophene rings is 1. The highest BCUT2D eigenvalue weighted by Crippen LogP contribution is 2.34. The largest absolute Gasteiger partial charge is 0.490 e. The predicted molar refractivity (Wildman–Crippen MR) is 116 cm³/mol. The van der Waals surface area contributed by atoms with Gasteiger partial charge in [-0.25, -0.2) is 0 Å². The van der Waals surface area contributed by atoms with Crippen molar-refractivity contribution in [2.24, 2.45) is 5.92 Å². The first-order chi connectivity index (χ1) is 13.4. The molecule has 0 aliphatic carbocycles. The molecule has 1 aliphatic heterocycles. The van der Waals surface area contributed by atoms with Crippen LogP contribution < -0.4 is 14.8 Å². The number of carbonyl (C=O) groups is 1. The van der Waals surface area contributed by atoms with E-state index in [-0.39, 0.29) is 17.9 Å². The van der Waals surface area contributed by atoms with Gasteiger partial charge in [0.1, 0.15) is 0 Å². The Morgan fingerprint density at radius 3 is 2.68 bits per heavy atom. The van der Waals surface area contributed by atoms with Crippen molar-refractivity contribution in [3.8, 4) is 11.5 Å². The van der Waals surface area contributed by atoms with Crippen molar-refractivity contribution in [1.82, 2.24) is 10.2 Å². The van der Waals surface area contributed by atoms with Crippen LogP contribution in [0.3, 0.4) is 0 Å². The number of carbonyl (C=O) groups excluding carboxylic acids is 1. The van der Waals surface area contributed by atoms with Crippen LogP contribution in [0.25, 0.3) is 0 Å². The molecule has 1 atom stereocenters. The number of hydrogen-bond donors (Lipinski definition) is 1. The molecule has 152 valence electrons. The van der Waals surface area contributed by atoms with Crippen LogP contribution in [0, 0.1) is 5.92 Å². The molecular weight excluding hydrogens is 440 g/mol. The summed E-state index contributed by atoms with van der Waals surface area (Å²) in [4.78, 5) is 14.7. The molecule has 1 amide bonds. The molecule has 1 aromatic heterocycles. The minimum absolute atomic E-state index is 0.0163. The number of halogens is 1. The molecule has 7 heteroatoms. The molecule has 28 heavy (non-hydrogen) atoms. The molecule has 1 aliphatic rings. The number of amides is 1. The molecule has 0 fully saturated rings. The maximum absolute atomic E-state index is 12.7. The number of nitrogens with one attached hydrogen (secondary N) is 1. The Kier molecular flexibility index (Phi) is 7.37. The Bertz CT molecular complexity index is 809.